The molecule has 0 amide bonds. The molecule has 0 heterocycles. The third-order valence-electron chi connectivity index (χ3n) is 3.35. The van der Waals surface area contributed by atoms with Crippen molar-refractivity contribution >= 4 is 5.78 Å². The first-order valence-electron chi connectivity index (χ1n) is 6.60. The van der Waals surface area contributed by atoms with Gasteiger partial charge in [0.1, 0.15) is 5.78 Å². The van der Waals surface area contributed by atoms with E-state index >= 15 is 0 Å². The van der Waals surface area contributed by atoms with Gasteiger partial charge in [0.25, 0.3) is 0 Å². The fourth-order valence-electron chi connectivity index (χ4n) is 2.10. The second-order valence-corrected chi connectivity index (χ2v) is 5.16. The lowest BCUT2D eigenvalue weighted by atomic mass is 9.94. The standard InChI is InChI=1S/C15H21F2NO/c1-10(9-14(18)11(2)19)5-3-6-12-7-4-8-13(16)15(12)17/h4,7-8,10,14H,3,5-6,9,18H2,1-2H3/t10-,14-/m0/s1. The molecule has 4 heteroatoms. The molecule has 1 aromatic rings. The van der Waals surface area contributed by atoms with Gasteiger partial charge in [0, 0.05) is 0 Å². The third kappa shape index (κ3) is 5.07. The van der Waals surface area contributed by atoms with E-state index in [1.54, 1.807) is 6.07 Å². The molecular weight excluding hydrogens is 248 g/mol. The molecule has 2 nitrogen and oxygen atoms in total. The quantitative estimate of drug-likeness (QED) is 0.825. The van der Waals surface area contributed by atoms with Gasteiger partial charge in [0.2, 0.25) is 0 Å². The Morgan fingerprint density at radius 1 is 1.37 bits per heavy atom. The molecule has 1 aromatic carbocycles. The lowest BCUT2D eigenvalue weighted by Crippen LogP contribution is -2.30. The Balaban J connectivity index is 2.38. The lowest BCUT2D eigenvalue weighted by Gasteiger charge is -2.15. The van der Waals surface area contributed by atoms with Crippen LogP contribution in [-0.4, -0.2) is 11.8 Å². The van der Waals surface area contributed by atoms with Gasteiger partial charge in [0.05, 0.1) is 6.04 Å². The molecule has 0 aromatic heterocycles. The number of halogens is 2. The Morgan fingerprint density at radius 2 is 2.05 bits per heavy atom. The number of carbonyl (C=O) groups excluding carboxylic acids is 1. The number of hydrogen-bond donors (Lipinski definition) is 1. The van der Waals surface area contributed by atoms with E-state index in [1.165, 1.54) is 13.0 Å². The maximum absolute atomic E-state index is 13.4. The predicted molar refractivity (Wildman–Crippen MR) is 71.7 cm³/mol. The second-order valence-electron chi connectivity index (χ2n) is 5.16. The van der Waals surface area contributed by atoms with Crippen LogP contribution in [0.2, 0.25) is 0 Å². The molecule has 19 heavy (non-hydrogen) atoms. The number of nitrogens with two attached hydrogens (primary N) is 1. The molecule has 0 spiro atoms. The number of aryl methyl sites for hydroxylation is 1. The minimum absolute atomic E-state index is 0.0111. The zero-order chi connectivity index (χ0) is 14.4. The van der Waals surface area contributed by atoms with Crippen molar-refractivity contribution in [3.63, 3.8) is 0 Å². The van der Waals surface area contributed by atoms with E-state index in [0.29, 0.717) is 24.3 Å². The summed E-state index contributed by atoms with van der Waals surface area (Å²) < 4.78 is 26.4. The zero-order valence-corrected chi connectivity index (χ0v) is 11.5. The van der Waals surface area contributed by atoms with Crippen LogP contribution in [-0.2, 0) is 11.2 Å². The summed E-state index contributed by atoms with van der Waals surface area (Å²) in [5.41, 5.74) is 6.09. The minimum Gasteiger partial charge on any atom is -0.322 e. The first-order chi connectivity index (χ1) is 8.91. The van der Waals surface area contributed by atoms with Crippen molar-refractivity contribution in [3.8, 4) is 0 Å². The van der Waals surface area contributed by atoms with E-state index in [1.807, 2.05) is 6.92 Å². The largest absolute Gasteiger partial charge is 0.322 e. The van der Waals surface area contributed by atoms with Crippen LogP contribution in [0, 0.1) is 17.6 Å². The highest BCUT2D eigenvalue weighted by atomic mass is 19.2. The first kappa shape index (κ1) is 15.8. The maximum Gasteiger partial charge on any atom is 0.162 e. The van der Waals surface area contributed by atoms with Crippen molar-refractivity contribution in [1.29, 1.82) is 0 Å². The topological polar surface area (TPSA) is 43.1 Å². The van der Waals surface area contributed by atoms with Crippen molar-refractivity contribution < 1.29 is 13.6 Å². The molecule has 0 aliphatic rings. The summed E-state index contributed by atoms with van der Waals surface area (Å²) in [4.78, 5) is 11.0. The SMILES string of the molecule is CC(=O)[C@@H](N)C[C@@H](C)CCCc1cccc(F)c1F. The van der Waals surface area contributed by atoms with Crippen molar-refractivity contribution in [2.75, 3.05) is 0 Å². The molecule has 1 rings (SSSR count). The fourth-order valence-corrected chi connectivity index (χ4v) is 2.10. The number of hydrogen-bond acceptors (Lipinski definition) is 2. The highest BCUT2D eigenvalue weighted by molar-refractivity contribution is 5.81. The van der Waals surface area contributed by atoms with Crippen LogP contribution in [0.25, 0.3) is 0 Å². The normalized spacial score (nSPS) is 14.2. The molecule has 0 aliphatic carbocycles. The van der Waals surface area contributed by atoms with E-state index in [0.717, 1.165) is 18.9 Å². The molecule has 0 saturated carbocycles. The van der Waals surface area contributed by atoms with Crippen LogP contribution < -0.4 is 5.73 Å². The smallest absolute Gasteiger partial charge is 0.162 e. The maximum atomic E-state index is 13.4. The van der Waals surface area contributed by atoms with Crippen LogP contribution in [0.1, 0.15) is 38.7 Å². The van der Waals surface area contributed by atoms with Crippen LogP contribution in [0.5, 0.6) is 0 Å². The number of Topliss-reactive ketones (excluding diaryl/α,β-unsaturated/α-hetero) is 1. The van der Waals surface area contributed by atoms with E-state index in [9.17, 15) is 13.6 Å². The number of carbonyl (C=O) groups is 1. The van der Waals surface area contributed by atoms with Crippen molar-refractivity contribution in [1.82, 2.24) is 0 Å². The van der Waals surface area contributed by atoms with Gasteiger partial charge < -0.3 is 5.73 Å². The highest BCUT2D eigenvalue weighted by Crippen LogP contribution is 2.18. The average molecular weight is 269 g/mol. The average Bonchev–Trinajstić information content (AvgIpc) is 2.34. The van der Waals surface area contributed by atoms with Gasteiger partial charge in [-0.2, -0.15) is 0 Å². The van der Waals surface area contributed by atoms with E-state index in [4.69, 9.17) is 5.73 Å². The van der Waals surface area contributed by atoms with Crippen LogP contribution >= 0.6 is 0 Å². The summed E-state index contributed by atoms with van der Waals surface area (Å²) in [7, 11) is 0. The third-order valence-corrected chi connectivity index (χ3v) is 3.35. The molecule has 106 valence electrons. The first-order valence-corrected chi connectivity index (χ1v) is 6.60. The number of benzene rings is 1. The van der Waals surface area contributed by atoms with Crippen molar-refractivity contribution in [2.24, 2.45) is 11.7 Å². The van der Waals surface area contributed by atoms with Gasteiger partial charge in [-0.05, 0) is 43.7 Å². The summed E-state index contributed by atoms with van der Waals surface area (Å²) in [6.07, 6.45) is 2.74. The Bertz CT molecular complexity index is 434. The summed E-state index contributed by atoms with van der Waals surface area (Å²) in [5, 5.41) is 0. The molecule has 0 saturated heterocycles. The Kier molecular flexibility index (Phi) is 6.09. The Labute approximate surface area is 113 Å². The molecule has 0 fully saturated rings. The zero-order valence-electron chi connectivity index (χ0n) is 11.5. The molecule has 0 unspecified atom stereocenters. The Morgan fingerprint density at radius 3 is 2.68 bits per heavy atom. The van der Waals surface area contributed by atoms with Crippen LogP contribution in [0.15, 0.2) is 18.2 Å². The van der Waals surface area contributed by atoms with Crippen LogP contribution in [0.4, 0.5) is 8.78 Å². The predicted octanol–water partition coefficient (Wildman–Crippen LogP) is 3.23. The van der Waals surface area contributed by atoms with E-state index < -0.39 is 17.7 Å². The van der Waals surface area contributed by atoms with Gasteiger partial charge in [-0.3, -0.25) is 4.79 Å². The number of rotatable bonds is 7. The Hall–Kier alpha value is -1.29. The van der Waals surface area contributed by atoms with Gasteiger partial charge in [-0.25, -0.2) is 8.78 Å². The molecule has 0 radical (unpaired) electrons. The lowest BCUT2D eigenvalue weighted by molar-refractivity contribution is -0.118. The van der Waals surface area contributed by atoms with Gasteiger partial charge in [-0.1, -0.05) is 25.5 Å². The monoisotopic (exact) mass is 269 g/mol. The summed E-state index contributed by atoms with van der Waals surface area (Å²) in [6, 6.07) is 3.82. The summed E-state index contributed by atoms with van der Waals surface area (Å²) >= 11 is 0. The van der Waals surface area contributed by atoms with Gasteiger partial charge in [0.15, 0.2) is 11.6 Å². The van der Waals surface area contributed by atoms with E-state index in [-0.39, 0.29) is 5.78 Å². The van der Waals surface area contributed by atoms with Gasteiger partial charge in [-0.15, -0.1) is 0 Å². The van der Waals surface area contributed by atoms with E-state index in [2.05, 4.69) is 0 Å². The molecular formula is C15H21F2NO. The van der Waals surface area contributed by atoms with Gasteiger partial charge >= 0.3 is 0 Å². The highest BCUT2D eigenvalue weighted by Gasteiger charge is 2.13. The minimum atomic E-state index is -0.802. The molecule has 2 atom stereocenters. The fraction of sp³-hybridized carbons (Fsp3) is 0.533. The second kappa shape index (κ2) is 7.34. The van der Waals surface area contributed by atoms with Crippen molar-refractivity contribution in [3.05, 3.63) is 35.4 Å². The summed E-state index contributed by atoms with van der Waals surface area (Å²) in [6.45, 7) is 3.50. The molecule has 2 N–H and O–H groups in total. The molecule has 0 bridgehead atoms. The molecule has 0 aliphatic heterocycles. The summed E-state index contributed by atoms with van der Waals surface area (Å²) in [5.74, 6) is -1.27. The van der Waals surface area contributed by atoms with Crippen LogP contribution in [0.3, 0.4) is 0 Å². The van der Waals surface area contributed by atoms with Crippen molar-refractivity contribution in [2.45, 2.75) is 45.6 Å². The number of ketones is 1.